The van der Waals surface area contributed by atoms with E-state index in [0.717, 1.165) is 29.9 Å². The zero-order valence-corrected chi connectivity index (χ0v) is 12.3. The Bertz CT molecular complexity index is 669. The van der Waals surface area contributed by atoms with Crippen molar-refractivity contribution < 1.29 is 4.79 Å². The number of fused-ring (bicyclic) bond motifs is 1. The molecule has 4 heteroatoms. The Balaban J connectivity index is 1.90. The van der Waals surface area contributed by atoms with Gasteiger partial charge in [-0.15, -0.1) is 0 Å². The Labute approximate surface area is 127 Å². The Morgan fingerprint density at radius 3 is 2.65 bits per heavy atom. The second kappa shape index (κ2) is 5.47. The van der Waals surface area contributed by atoms with Crippen LogP contribution in [0, 0.1) is 0 Å². The molecule has 2 aromatic carbocycles. The number of carbonyl (C=O) groups is 1. The fourth-order valence-electron chi connectivity index (χ4n) is 2.50. The number of hydrogen-bond donors (Lipinski definition) is 0. The highest BCUT2D eigenvalue weighted by Crippen LogP contribution is 2.29. The molecule has 0 aromatic heterocycles. The Kier molecular flexibility index (Phi) is 3.68. The van der Waals surface area contributed by atoms with E-state index in [9.17, 15) is 4.79 Å². The number of Topliss-reactive ketones (excluding diaryl/α,β-unsaturated/α-hetero) is 1. The van der Waals surface area contributed by atoms with Gasteiger partial charge in [0.15, 0.2) is 5.78 Å². The third kappa shape index (κ3) is 2.54. The quantitative estimate of drug-likeness (QED) is 0.809. The molecule has 0 amide bonds. The first kappa shape index (κ1) is 13.5. The molecule has 0 spiro atoms. The van der Waals surface area contributed by atoms with Gasteiger partial charge in [0.25, 0.3) is 0 Å². The third-order valence-electron chi connectivity index (χ3n) is 3.51. The molecule has 0 atom stereocenters. The zero-order valence-electron chi connectivity index (χ0n) is 10.8. The average Bonchev–Trinajstić information content (AvgIpc) is 2.46. The Morgan fingerprint density at radius 1 is 1.05 bits per heavy atom. The standard InChI is InChI=1S/C16H13Cl2NO/c17-13-6-5-11(9-14(13)18)10-19-8-7-16(20)12-3-1-2-4-15(12)19/h1-6,9H,7-8,10H2. The molecule has 20 heavy (non-hydrogen) atoms. The van der Waals surface area contributed by atoms with Gasteiger partial charge in [-0.05, 0) is 29.8 Å². The number of carbonyl (C=O) groups excluding carboxylic acids is 1. The maximum atomic E-state index is 11.9. The van der Waals surface area contributed by atoms with Crippen LogP contribution in [0.2, 0.25) is 10.0 Å². The molecule has 0 radical (unpaired) electrons. The molecule has 102 valence electrons. The van der Waals surface area contributed by atoms with Crippen molar-refractivity contribution in [1.29, 1.82) is 0 Å². The smallest absolute Gasteiger partial charge is 0.166 e. The highest BCUT2D eigenvalue weighted by molar-refractivity contribution is 6.42. The van der Waals surface area contributed by atoms with Gasteiger partial charge in [-0.2, -0.15) is 0 Å². The van der Waals surface area contributed by atoms with Gasteiger partial charge in [0, 0.05) is 30.8 Å². The van der Waals surface area contributed by atoms with Crippen LogP contribution in [-0.4, -0.2) is 12.3 Å². The van der Waals surface area contributed by atoms with Gasteiger partial charge in [-0.25, -0.2) is 0 Å². The minimum atomic E-state index is 0.214. The summed E-state index contributed by atoms with van der Waals surface area (Å²) >= 11 is 12.0. The van der Waals surface area contributed by atoms with Crippen LogP contribution in [-0.2, 0) is 6.54 Å². The topological polar surface area (TPSA) is 20.3 Å². The highest BCUT2D eigenvalue weighted by Gasteiger charge is 2.22. The minimum absolute atomic E-state index is 0.214. The van der Waals surface area contributed by atoms with Gasteiger partial charge >= 0.3 is 0 Å². The van der Waals surface area contributed by atoms with Gasteiger partial charge in [-0.3, -0.25) is 4.79 Å². The number of para-hydroxylation sites is 1. The van der Waals surface area contributed by atoms with Gasteiger partial charge in [0.05, 0.1) is 10.0 Å². The van der Waals surface area contributed by atoms with Gasteiger partial charge in [-0.1, -0.05) is 41.4 Å². The normalized spacial score (nSPS) is 14.3. The summed E-state index contributed by atoms with van der Waals surface area (Å²) in [5, 5.41) is 1.12. The van der Waals surface area contributed by atoms with Gasteiger partial charge < -0.3 is 4.90 Å². The van der Waals surface area contributed by atoms with Crippen LogP contribution in [0.15, 0.2) is 42.5 Å². The average molecular weight is 306 g/mol. The van der Waals surface area contributed by atoms with E-state index in [4.69, 9.17) is 23.2 Å². The third-order valence-corrected chi connectivity index (χ3v) is 4.25. The lowest BCUT2D eigenvalue weighted by Crippen LogP contribution is -2.31. The number of halogens is 2. The number of anilines is 1. The second-order valence-corrected chi connectivity index (χ2v) is 5.67. The molecule has 0 saturated carbocycles. The predicted octanol–water partition coefficient (Wildman–Crippen LogP) is 4.59. The molecule has 1 aliphatic rings. The number of ketones is 1. The van der Waals surface area contributed by atoms with Gasteiger partial charge in [0.2, 0.25) is 0 Å². The molecule has 0 bridgehead atoms. The number of rotatable bonds is 2. The molecule has 0 N–H and O–H groups in total. The van der Waals surface area contributed by atoms with E-state index in [1.54, 1.807) is 6.07 Å². The van der Waals surface area contributed by atoms with Gasteiger partial charge in [0.1, 0.15) is 0 Å². The lowest BCUT2D eigenvalue weighted by atomic mass is 10.00. The summed E-state index contributed by atoms with van der Waals surface area (Å²) in [7, 11) is 0. The molecular formula is C16H13Cl2NO. The Morgan fingerprint density at radius 2 is 1.85 bits per heavy atom. The van der Waals surface area contributed by atoms with Crippen LogP contribution in [0.1, 0.15) is 22.3 Å². The van der Waals surface area contributed by atoms with E-state index in [2.05, 4.69) is 4.90 Å². The predicted molar refractivity (Wildman–Crippen MR) is 82.9 cm³/mol. The summed E-state index contributed by atoms with van der Waals surface area (Å²) in [4.78, 5) is 14.1. The van der Waals surface area contributed by atoms with Crippen molar-refractivity contribution >= 4 is 34.7 Å². The van der Waals surface area contributed by atoms with Crippen molar-refractivity contribution in [2.24, 2.45) is 0 Å². The van der Waals surface area contributed by atoms with Crippen LogP contribution < -0.4 is 4.90 Å². The molecule has 0 fully saturated rings. The fraction of sp³-hybridized carbons (Fsp3) is 0.188. The molecule has 2 nitrogen and oxygen atoms in total. The highest BCUT2D eigenvalue weighted by atomic mass is 35.5. The van der Waals surface area contributed by atoms with Crippen molar-refractivity contribution in [3.63, 3.8) is 0 Å². The molecule has 0 saturated heterocycles. The molecule has 0 unspecified atom stereocenters. The van der Waals surface area contributed by atoms with Crippen molar-refractivity contribution in [2.45, 2.75) is 13.0 Å². The molecule has 1 aliphatic heterocycles. The maximum Gasteiger partial charge on any atom is 0.166 e. The lowest BCUT2D eigenvalue weighted by Gasteiger charge is -2.30. The maximum absolute atomic E-state index is 11.9. The van der Waals surface area contributed by atoms with E-state index >= 15 is 0 Å². The zero-order chi connectivity index (χ0) is 14.1. The van der Waals surface area contributed by atoms with E-state index < -0.39 is 0 Å². The summed E-state index contributed by atoms with van der Waals surface area (Å²) in [6, 6.07) is 13.4. The summed E-state index contributed by atoms with van der Waals surface area (Å²) in [5.74, 6) is 0.214. The first-order valence-corrected chi connectivity index (χ1v) is 7.22. The van der Waals surface area contributed by atoms with Crippen molar-refractivity contribution in [3.05, 3.63) is 63.6 Å². The molecule has 1 heterocycles. The van der Waals surface area contributed by atoms with E-state index in [1.807, 2.05) is 36.4 Å². The van der Waals surface area contributed by atoms with Crippen molar-refractivity contribution in [2.75, 3.05) is 11.4 Å². The van der Waals surface area contributed by atoms with Crippen LogP contribution in [0.3, 0.4) is 0 Å². The van der Waals surface area contributed by atoms with E-state index in [1.165, 1.54) is 0 Å². The SMILES string of the molecule is O=C1CCN(Cc2ccc(Cl)c(Cl)c2)c2ccccc21. The largest absolute Gasteiger partial charge is 0.366 e. The van der Waals surface area contributed by atoms with Crippen LogP contribution in [0.4, 0.5) is 5.69 Å². The second-order valence-electron chi connectivity index (χ2n) is 4.86. The summed E-state index contributed by atoms with van der Waals surface area (Å²) in [5.41, 5.74) is 2.89. The van der Waals surface area contributed by atoms with Crippen LogP contribution >= 0.6 is 23.2 Å². The fourth-order valence-corrected chi connectivity index (χ4v) is 2.82. The molecule has 2 aromatic rings. The monoisotopic (exact) mass is 305 g/mol. The Hall–Kier alpha value is -1.51. The molecular weight excluding hydrogens is 293 g/mol. The van der Waals surface area contributed by atoms with E-state index in [0.29, 0.717) is 16.5 Å². The minimum Gasteiger partial charge on any atom is -0.366 e. The molecule has 3 rings (SSSR count). The van der Waals surface area contributed by atoms with Crippen molar-refractivity contribution in [1.82, 2.24) is 0 Å². The van der Waals surface area contributed by atoms with Crippen LogP contribution in [0.25, 0.3) is 0 Å². The lowest BCUT2D eigenvalue weighted by molar-refractivity contribution is 0.0979. The first-order chi connectivity index (χ1) is 9.65. The summed E-state index contributed by atoms with van der Waals surface area (Å²) < 4.78 is 0. The first-order valence-electron chi connectivity index (χ1n) is 6.46. The summed E-state index contributed by atoms with van der Waals surface area (Å²) in [6.45, 7) is 1.46. The van der Waals surface area contributed by atoms with Crippen LogP contribution in [0.5, 0.6) is 0 Å². The number of nitrogens with zero attached hydrogens (tertiary/aromatic N) is 1. The number of benzene rings is 2. The summed E-state index contributed by atoms with van der Waals surface area (Å²) in [6.07, 6.45) is 0.554. The van der Waals surface area contributed by atoms with Crippen molar-refractivity contribution in [3.8, 4) is 0 Å². The number of hydrogen-bond acceptors (Lipinski definition) is 2. The van der Waals surface area contributed by atoms with E-state index in [-0.39, 0.29) is 5.78 Å². The molecule has 0 aliphatic carbocycles.